The van der Waals surface area contributed by atoms with Gasteiger partial charge in [0.05, 0.1) is 15.7 Å². The van der Waals surface area contributed by atoms with Crippen molar-refractivity contribution in [3.63, 3.8) is 0 Å². The number of carboxylic acids is 1. The molecule has 0 aliphatic carbocycles. The molecule has 3 aromatic rings. The van der Waals surface area contributed by atoms with Crippen molar-refractivity contribution >= 4 is 45.5 Å². The topological polar surface area (TPSA) is 54.6 Å². The molecule has 23 heavy (non-hydrogen) atoms. The molecular formula is C16H14Cl2N2O2S. The fourth-order valence-corrected chi connectivity index (χ4v) is 4.01. The molecule has 0 unspecified atom stereocenters. The van der Waals surface area contributed by atoms with Crippen LogP contribution in [0.1, 0.15) is 34.4 Å². The summed E-state index contributed by atoms with van der Waals surface area (Å²) < 4.78 is 1.94. The van der Waals surface area contributed by atoms with Crippen LogP contribution >= 0.6 is 34.5 Å². The van der Waals surface area contributed by atoms with Gasteiger partial charge in [-0.2, -0.15) is 0 Å². The predicted octanol–water partition coefficient (Wildman–Crippen LogP) is 5.33. The van der Waals surface area contributed by atoms with Crippen LogP contribution in [-0.2, 0) is 6.42 Å². The maximum absolute atomic E-state index is 11.4. The first-order chi connectivity index (χ1) is 10.9. The predicted molar refractivity (Wildman–Crippen MR) is 94.2 cm³/mol. The second-order valence-electron chi connectivity index (χ2n) is 5.23. The van der Waals surface area contributed by atoms with Gasteiger partial charge in [-0.1, -0.05) is 53.9 Å². The number of benzene rings is 1. The third-order valence-corrected chi connectivity index (χ3v) is 5.49. The maximum Gasteiger partial charge on any atom is 0.347 e. The van der Waals surface area contributed by atoms with E-state index in [9.17, 15) is 9.90 Å². The van der Waals surface area contributed by atoms with E-state index in [-0.39, 0.29) is 0 Å². The van der Waals surface area contributed by atoms with Gasteiger partial charge in [0.15, 0.2) is 4.96 Å². The van der Waals surface area contributed by atoms with Gasteiger partial charge in [-0.15, -0.1) is 0 Å². The average Bonchev–Trinajstić information content (AvgIpc) is 3.01. The van der Waals surface area contributed by atoms with Crippen molar-refractivity contribution in [1.82, 2.24) is 9.38 Å². The molecule has 120 valence electrons. The summed E-state index contributed by atoms with van der Waals surface area (Å²) in [4.78, 5) is 17.1. The molecule has 1 aromatic carbocycles. The molecule has 3 rings (SSSR count). The SMILES string of the molecule is CCCc1c(C(=O)O)sc2nc(-c3ccc(Cl)c(Cl)c3)c(C)n12. The van der Waals surface area contributed by atoms with E-state index in [1.54, 1.807) is 12.1 Å². The molecule has 0 atom stereocenters. The Labute approximate surface area is 147 Å². The van der Waals surface area contributed by atoms with Crippen LogP contribution in [0.3, 0.4) is 0 Å². The third-order valence-electron chi connectivity index (χ3n) is 3.68. The highest BCUT2D eigenvalue weighted by Gasteiger charge is 2.22. The number of hydrogen-bond acceptors (Lipinski definition) is 3. The highest BCUT2D eigenvalue weighted by atomic mass is 35.5. The van der Waals surface area contributed by atoms with Gasteiger partial charge in [0, 0.05) is 17.0 Å². The van der Waals surface area contributed by atoms with Crippen LogP contribution < -0.4 is 0 Å². The summed E-state index contributed by atoms with van der Waals surface area (Å²) in [6.45, 7) is 3.97. The Morgan fingerprint density at radius 3 is 2.70 bits per heavy atom. The first-order valence-electron chi connectivity index (χ1n) is 7.13. The molecule has 0 bridgehead atoms. The fraction of sp³-hybridized carbons (Fsp3) is 0.250. The second kappa shape index (κ2) is 6.15. The number of carbonyl (C=O) groups is 1. The maximum atomic E-state index is 11.4. The Bertz CT molecular complexity index is 915. The first kappa shape index (κ1) is 16.3. The summed E-state index contributed by atoms with van der Waals surface area (Å²) in [5, 5.41) is 10.4. The van der Waals surface area contributed by atoms with E-state index in [4.69, 9.17) is 23.2 Å². The smallest absolute Gasteiger partial charge is 0.347 e. The molecular weight excluding hydrogens is 355 g/mol. The van der Waals surface area contributed by atoms with E-state index in [1.807, 2.05) is 24.3 Å². The van der Waals surface area contributed by atoms with E-state index < -0.39 is 5.97 Å². The molecule has 0 saturated heterocycles. The van der Waals surface area contributed by atoms with Gasteiger partial charge in [-0.3, -0.25) is 4.40 Å². The zero-order valence-corrected chi connectivity index (χ0v) is 14.9. The van der Waals surface area contributed by atoms with Crippen LogP contribution in [0.25, 0.3) is 16.2 Å². The minimum Gasteiger partial charge on any atom is -0.477 e. The summed E-state index contributed by atoms with van der Waals surface area (Å²) >= 11 is 13.3. The number of aromatic nitrogens is 2. The van der Waals surface area contributed by atoms with Crippen molar-refractivity contribution in [1.29, 1.82) is 0 Å². The molecule has 0 saturated carbocycles. The van der Waals surface area contributed by atoms with Gasteiger partial charge in [0.1, 0.15) is 4.88 Å². The van der Waals surface area contributed by atoms with Gasteiger partial charge >= 0.3 is 5.97 Å². The lowest BCUT2D eigenvalue weighted by molar-refractivity contribution is 0.0700. The molecule has 7 heteroatoms. The highest BCUT2D eigenvalue weighted by Crippen LogP contribution is 2.34. The second-order valence-corrected chi connectivity index (χ2v) is 7.02. The number of aromatic carboxylic acids is 1. The van der Waals surface area contributed by atoms with E-state index in [2.05, 4.69) is 4.98 Å². The minimum absolute atomic E-state index is 0.359. The molecule has 0 aliphatic rings. The van der Waals surface area contributed by atoms with Crippen LogP contribution in [0.4, 0.5) is 0 Å². The van der Waals surface area contributed by atoms with Crippen molar-refractivity contribution in [2.75, 3.05) is 0 Å². The quantitative estimate of drug-likeness (QED) is 0.676. The summed E-state index contributed by atoms with van der Waals surface area (Å²) in [7, 11) is 0. The number of thiazole rings is 1. The highest BCUT2D eigenvalue weighted by molar-refractivity contribution is 7.19. The van der Waals surface area contributed by atoms with Crippen LogP contribution in [0.5, 0.6) is 0 Å². The van der Waals surface area contributed by atoms with Gasteiger partial charge in [-0.05, 0) is 25.5 Å². The summed E-state index contributed by atoms with van der Waals surface area (Å²) in [6, 6.07) is 5.38. The lowest BCUT2D eigenvalue weighted by Crippen LogP contribution is -2.02. The Morgan fingerprint density at radius 1 is 1.35 bits per heavy atom. The van der Waals surface area contributed by atoms with E-state index in [0.29, 0.717) is 26.3 Å². The molecule has 0 spiro atoms. The van der Waals surface area contributed by atoms with Crippen LogP contribution in [0.15, 0.2) is 18.2 Å². The van der Waals surface area contributed by atoms with Crippen molar-refractivity contribution in [2.45, 2.75) is 26.7 Å². The fourth-order valence-electron chi connectivity index (χ4n) is 2.66. The van der Waals surface area contributed by atoms with E-state index in [0.717, 1.165) is 29.1 Å². The number of hydrogen-bond donors (Lipinski definition) is 1. The van der Waals surface area contributed by atoms with Gasteiger partial charge in [0.25, 0.3) is 0 Å². The largest absolute Gasteiger partial charge is 0.477 e. The normalized spacial score (nSPS) is 11.3. The monoisotopic (exact) mass is 368 g/mol. The molecule has 1 N–H and O–H groups in total. The van der Waals surface area contributed by atoms with Crippen molar-refractivity contribution in [3.8, 4) is 11.3 Å². The standard InChI is InChI=1S/C16H14Cl2N2O2S/c1-3-4-12-14(15(21)22)23-16-19-13(8(2)20(12)16)9-5-6-10(17)11(18)7-9/h5-7H,3-4H2,1-2H3,(H,21,22). The zero-order chi connectivity index (χ0) is 16.7. The number of rotatable bonds is 4. The summed E-state index contributed by atoms with van der Waals surface area (Å²) in [6.07, 6.45) is 1.56. The summed E-state index contributed by atoms with van der Waals surface area (Å²) in [5.74, 6) is -0.903. The average molecular weight is 369 g/mol. The molecule has 0 amide bonds. The number of aryl methyl sites for hydroxylation is 2. The Balaban J connectivity index is 2.23. The first-order valence-corrected chi connectivity index (χ1v) is 8.70. The number of imidazole rings is 1. The van der Waals surface area contributed by atoms with Gasteiger partial charge < -0.3 is 5.11 Å². The van der Waals surface area contributed by atoms with Crippen molar-refractivity contribution < 1.29 is 9.90 Å². The van der Waals surface area contributed by atoms with Crippen LogP contribution in [0, 0.1) is 6.92 Å². The Kier molecular flexibility index (Phi) is 4.36. The van der Waals surface area contributed by atoms with E-state index in [1.165, 1.54) is 11.3 Å². The van der Waals surface area contributed by atoms with Crippen LogP contribution in [-0.4, -0.2) is 20.5 Å². The molecule has 0 radical (unpaired) electrons. The number of carboxylic acid groups (broad SMARTS) is 1. The van der Waals surface area contributed by atoms with Gasteiger partial charge in [-0.25, -0.2) is 9.78 Å². The van der Waals surface area contributed by atoms with Crippen LogP contribution in [0.2, 0.25) is 10.0 Å². The van der Waals surface area contributed by atoms with Gasteiger partial charge in [0.2, 0.25) is 0 Å². The zero-order valence-electron chi connectivity index (χ0n) is 12.6. The molecule has 4 nitrogen and oxygen atoms in total. The molecule has 2 aromatic heterocycles. The molecule has 0 aliphatic heterocycles. The Morgan fingerprint density at radius 2 is 2.09 bits per heavy atom. The number of halogens is 2. The minimum atomic E-state index is -0.903. The number of fused-ring (bicyclic) bond motifs is 1. The lowest BCUT2D eigenvalue weighted by atomic mass is 10.1. The van der Waals surface area contributed by atoms with Crippen molar-refractivity contribution in [2.24, 2.45) is 0 Å². The molecule has 0 fully saturated rings. The lowest BCUT2D eigenvalue weighted by Gasteiger charge is -2.04. The van der Waals surface area contributed by atoms with Crippen molar-refractivity contribution in [3.05, 3.63) is 44.5 Å². The molecule has 2 heterocycles. The Hall–Kier alpha value is -1.56. The van der Waals surface area contributed by atoms with E-state index >= 15 is 0 Å². The summed E-state index contributed by atoms with van der Waals surface area (Å²) in [5.41, 5.74) is 3.37. The third kappa shape index (κ3) is 2.73. The number of nitrogens with zero attached hydrogens (tertiary/aromatic N) is 2.